The molecule has 1 fully saturated rings. The Morgan fingerprint density at radius 1 is 1.19 bits per heavy atom. The van der Waals surface area contributed by atoms with Gasteiger partial charge < -0.3 is 19.7 Å². The second kappa shape index (κ2) is 10.4. The number of halogens is 1. The molecule has 1 aromatic carbocycles. The fraction of sp³-hybridized carbons (Fsp3) is 0.368. The summed E-state index contributed by atoms with van der Waals surface area (Å²) in [5.41, 5.74) is 0.548. The van der Waals surface area contributed by atoms with Gasteiger partial charge in [-0.25, -0.2) is 4.39 Å². The number of hydrogen-bond donors (Lipinski definition) is 2. The Morgan fingerprint density at radius 3 is 2.48 bits per heavy atom. The van der Waals surface area contributed by atoms with Crippen molar-refractivity contribution in [3.63, 3.8) is 0 Å². The summed E-state index contributed by atoms with van der Waals surface area (Å²) in [5.74, 6) is -0.605. The van der Waals surface area contributed by atoms with E-state index in [-0.39, 0.29) is 18.1 Å². The molecule has 2 heterocycles. The van der Waals surface area contributed by atoms with Crippen molar-refractivity contribution in [1.29, 1.82) is 0 Å². The zero-order valence-electron chi connectivity index (χ0n) is 15.2. The summed E-state index contributed by atoms with van der Waals surface area (Å²) < 4.78 is 18.9. The third-order valence-electron chi connectivity index (χ3n) is 4.22. The first-order valence-corrected chi connectivity index (χ1v) is 8.61. The van der Waals surface area contributed by atoms with Crippen LogP contribution < -0.4 is 10.9 Å². The molecule has 0 saturated carbocycles. The molecule has 1 aromatic heterocycles. The maximum Gasteiger partial charge on any atom is 0.293 e. The monoisotopic (exact) mass is 377 g/mol. The summed E-state index contributed by atoms with van der Waals surface area (Å²) in [6, 6.07) is 8.06. The molecule has 2 N–H and O–H groups in total. The average Bonchev–Trinajstić information content (AvgIpc) is 2.70. The highest BCUT2D eigenvalue weighted by Gasteiger charge is 2.15. The molecule has 8 heteroatoms. The number of piperazine rings is 1. The molecule has 1 aliphatic heterocycles. The maximum absolute atomic E-state index is 13.7. The van der Waals surface area contributed by atoms with Gasteiger partial charge in [0.2, 0.25) is 0 Å². The minimum Gasteiger partial charge on any atom is -0.503 e. The number of ether oxygens (including phenoxy) is 1. The molecule has 0 amide bonds. The summed E-state index contributed by atoms with van der Waals surface area (Å²) in [6.07, 6.45) is 1.62. The molecular weight excluding hydrogens is 353 g/mol. The van der Waals surface area contributed by atoms with Crippen LogP contribution in [0.15, 0.2) is 41.3 Å². The highest BCUT2D eigenvalue weighted by molar-refractivity contribution is 5.36. The van der Waals surface area contributed by atoms with Gasteiger partial charge in [0.05, 0.1) is 13.7 Å². The van der Waals surface area contributed by atoms with Gasteiger partial charge in [-0.1, -0.05) is 18.2 Å². The molecule has 0 spiro atoms. The van der Waals surface area contributed by atoms with Crippen LogP contribution in [0.25, 0.3) is 0 Å². The van der Waals surface area contributed by atoms with Crippen LogP contribution in [0.4, 0.5) is 4.39 Å². The molecule has 0 aliphatic carbocycles. The normalized spacial score (nSPS) is 14.1. The highest BCUT2D eigenvalue weighted by atomic mass is 19.1. The molecule has 0 unspecified atom stereocenters. The van der Waals surface area contributed by atoms with Gasteiger partial charge in [0.25, 0.3) is 12.0 Å². The lowest BCUT2D eigenvalue weighted by atomic mass is 10.2. The van der Waals surface area contributed by atoms with Gasteiger partial charge in [-0.3, -0.25) is 14.5 Å². The van der Waals surface area contributed by atoms with Gasteiger partial charge in [-0.2, -0.15) is 0 Å². The van der Waals surface area contributed by atoms with E-state index in [0.29, 0.717) is 24.1 Å². The van der Waals surface area contributed by atoms with Crippen molar-refractivity contribution in [2.75, 3.05) is 33.3 Å². The van der Waals surface area contributed by atoms with E-state index < -0.39 is 5.56 Å². The number of carbonyl (C=O) groups is 1. The molecule has 146 valence electrons. The average molecular weight is 377 g/mol. The van der Waals surface area contributed by atoms with E-state index in [1.165, 1.54) is 17.7 Å². The molecule has 7 nitrogen and oxygen atoms in total. The van der Waals surface area contributed by atoms with Crippen molar-refractivity contribution in [3.05, 3.63) is 63.8 Å². The molecular formula is C19H24FN3O4. The van der Waals surface area contributed by atoms with Gasteiger partial charge in [-0.05, 0) is 12.1 Å². The van der Waals surface area contributed by atoms with Crippen LogP contribution in [0.2, 0.25) is 0 Å². The molecule has 3 rings (SSSR count). The first kappa shape index (κ1) is 20.6. The minimum absolute atomic E-state index is 0.104. The molecule has 27 heavy (non-hydrogen) atoms. The van der Waals surface area contributed by atoms with Crippen LogP contribution in [0.5, 0.6) is 5.75 Å². The fourth-order valence-corrected chi connectivity index (χ4v) is 2.77. The summed E-state index contributed by atoms with van der Waals surface area (Å²) in [6.45, 7) is 4.61. The van der Waals surface area contributed by atoms with Crippen molar-refractivity contribution in [2.45, 2.75) is 13.1 Å². The third-order valence-corrected chi connectivity index (χ3v) is 4.22. The molecule has 1 saturated heterocycles. The molecule has 0 radical (unpaired) electrons. The van der Waals surface area contributed by atoms with Crippen LogP contribution in [0.1, 0.15) is 11.1 Å². The number of aromatic nitrogens is 1. The van der Waals surface area contributed by atoms with Crippen molar-refractivity contribution >= 4 is 6.47 Å². The lowest BCUT2D eigenvalue weighted by Crippen LogP contribution is -2.43. The van der Waals surface area contributed by atoms with Gasteiger partial charge in [0, 0.05) is 50.0 Å². The van der Waals surface area contributed by atoms with E-state index >= 15 is 0 Å². The molecule has 0 atom stereocenters. The summed E-state index contributed by atoms with van der Waals surface area (Å²) in [7, 11) is 1.31. The predicted molar refractivity (Wildman–Crippen MR) is 99.1 cm³/mol. The summed E-state index contributed by atoms with van der Waals surface area (Å²) >= 11 is 0. The zero-order chi connectivity index (χ0) is 19.6. The lowest BCUT2D eigenvalue weighted by Gasteiger charge is -2.27. The number of nitrogens with zero attached hydrogens (tertiary/aromatic N) is 2. The van der Waals surface area contributed by atoms with Gasteiger partial charge in [0.15, 0.2) is 5.75 Å². The van der Waals surface area contributed by atoms with Crippen LogP contribution in [-0.4, -0.2) is 54.3 Å². The van der Waals surface area contributed by atoms with E-state index in [1.807, 2.05) is 0 Å². The number of benzene rings is 1. The number of rotatable bonds is 5. The second-order valence-corrected chi connectivity index (χ2v) is 6.07. The van der Waals surface area contributed by atoms with E-state index in [2.05, 4.69) is 15.0 Å². The smallest absolute Gasteiger partial charge is 0.293 e. The van der Waals surface area contributed by atoms with Crippen LogP contribution in [0, 0.1) is 5.82 Å². The van der Waals surface area contributed by atoms with Crippen molar-refractivity contribution in [2.24, 2.45) is 0 Å². The maximum atomic E-state index is 13.7. The highest BCUT2D eigenvalue weighted by Crippen LogP contribution is 2.15. The summed E-state index contributed by atoms with van der Waals surface area (Å²) in [4.78, 5) is 23.4. The number of pyridine rings is 1. The Hall–Kier alpha value is -2.71. The van der Waals surface area contributed by atoms with Crippen molar-refractivity contribution < 1.29 is 19.0 Å². The first-order chi connectivity index (χ1) is 13.1. The van der Waals surface area contributed by atoms with E-state index in [0.717, 1.165) is 26.2 Å². The number of carbonyl (C=O) groups excluding carboxylic acids is 1. The van der Waals surface area contributed by atoms with Crippen LogP contribution >= 0.6 is 0 Å². The molecule has 2 aromatic rings. The number of methoxy groups -OCH3 is 1. The first-order valence-electron chi connectivity index (χ1n) is 8.61. The Kier molecular flexibility index (Phi) is 7.97. The largest absolute Gasteiger partial charge is 0.503 e. The Bertz CT molecular complexity index is 804. The van der Waals surface area contributed by atoms with Crippen LogP contribution in [-0.2, 0) is 22.6 Å². The Morgan fingerprint density at radius 2 is 1.85 bits per heavy atom. The molecule has 1 aliphatic rings. The fourth-order valence-electron chi connectivity index (χ4n) is 2.77. The number of hydrogen-bond acceptors (Lipinski definition) is 6. The SMILES string of the molecule is COC=O.O=c1c(O)c(CN2CCNCC2)ccn1Cc1ccccc1F. The second-order valence-electron chi connectivity index (χ2n) is 6.07. The quantitative estimate of drug-likeness (QED) is 0.755. The van der Waals surface area contributed by atoms with Gasteiger partial charge >= 0.3 is 0 Å². The standard InChI is InChI=1S/C17H20FN3O2.C2H4O2/c18-15-4-2-1-3-13(15)12-21-8-5-14(16(22)17(21)23)11-20-9-6-19-7-10-20;1-4-2-3/h1-5,8,19,22H,6-7,9-12H2;2H,1H3. The van der Waals surface area contributed by atoms with Gasteiger partial charge in [-0.15, -0.1) is 0 Å². The predicted octanol–water partition coefficient (Wildman–Crippen LogP) is 0.936. The van der Waals surface area contributed by atoms with E-state index in [4.69, 9.17) is 4.79 Å². The Labute approximate surface area is 157 Å². The minimum atomic E-state index is -0.485. The molecule has 0 bridgehead atoms. The topological polar surface area (TPSA) is 83.8 Å². The number of nitrogens with one attached hydrogen (secondary N) is 1. The van der Waals surface area contributed by atoms with Crippen molar-refractivity contribution in [3.8, 4) is 5.75 Å². The summed E-state index contributed by atoms with van der Waals surface area (Å²) in [5, 5.41) is 13.4. The number of aromatic hydroxyl groups is 1. The lowest BCUT2D eigenvalue weighted by molar-refractivity contribution is -0.126. The van der Waals surface area contributed by atoms with E-state index in [1.54, 1.807) is 30.5 Å². The van der Waals surface area contributed by atoms with Crippen LogP contribution in [0.3, 0.4) is 0 Å². The van der Waals surface area contributed by atoms with Gasteiger partial charge in [0.1, 0.15) is 5.82 Å². The van der Waals surface area contributed by atoms with Crippen molar-refractivity contribution in [1.82, 2.24) is 14.8 Å². The zero-order valence-corrected chi connectivity index (χ0v) is 15.2. The Balaban J connectivity index is 0.000000596. The van der Waals surface area contributed by atoms with E-state index in [9.17, 15) is 14.3 Å². The third kappa shape index (κ3) is 5.90.